The second kappa shape index (κ2) is 4.64. The highest BCUT2D eigenvalue weighted by atomic mass is 16.5. The van der Waals surface area contributed by atoms with E-state index in [4.69, 9.17) is 4.74 Å². The van der Waals surface area contributed by atoms with Gasteiger partial charge in [-0.3, -0.25) is 4.68 Å². The van der Waals surface area contributed by atoms with E-state index in [9.17, 15) is 0 Å². The van der Waals surface area contributed by atoms with Crippen LogP contribution in [0.2, 0.25) is 0 Å². The van der Waals surface area contributed by atoms with E-state index in [-0.39, 0.29) is 11.5 Å². The van der Waals surface area contributed by atoms with Crippen LogP contribution in [0.4, 0.5) is 5.82 Å². The number of nitrogens with zero attached hydrogens (tertiary/aromatic N) is 4. The van der Waals surface area contributed by atoms with Crippen molar-refractivity contribution in [2.75, 3.05) is 5.32 Å². The van der Waals surface area contributed by atoms with Crippen molar-refractivity contribution < 1.29 is 4.74 Å². The molecule has 0 saturated heterocycles. The fourth-order valence-corrected chi connectivity index (χ4v) is 1.39. The van der Waals surface area contributed by atoms with Crippen LogP contribution in [0.3, 0.4) is 0 Å². The predicted octanol–water partition coefficient (Wildman–Crippen LogP) is 2.21. The molecule has 0 saturated carbocycles. The van der Waals surface area contributed by atoms with Crippen molar-refractivity contribution in [2.24, 2.45) is 7.05 Å². The number of aromatic nitrogens is 4. The van der Waals surface area contributed by atoms with Gasteiger partial charge in [-0.1, -0.05) is 6.07 Å². The first-order chi connectivity index (χ1) is 8.42. The fraction of sp³-hybridized carbons (Fsp3) is 0.417. The summed E-state index contributed by atoms with van der Waals surface area (Å²) in [4.78, 5) is 8.32. The Morgan fingerprint density at radius 2 is 2.06 bits per heavy atom. The molecule has 2 heterocycles. The van der Waals surface area contributed by atoms with Gasteiger partial charge < -0.3 is 10.1 Å². The van der Waals surface area contributed by atoms with E-state index >= 15 is 0 Å². The van der Waals surface area contributed by atoms with Crippen molar-refractivity contribution in [2.45, 2.75) is 26.3 Å². The van der Waals surface area contributed by atoms with Crippen molar-refractivity contribution in [1.29, 1.82) is 0 Å². The van der Waals surface area contributed by atoms with E-state index in [0.717, 1.165) is 5.82 Å². The molecule has 0 atom stereocenters. The van der Waals surface area contributed by atoms with Crippen molar-refractivity contribution in [1.82, 2.24) is 19.7 Å². The number of pyridine rings is 1. The van der Waals surface area contributed by atoms with Gasteiger partial charge in [0.05, 0.1) is 0 Å². The first-order valence-corrected chi connectivity index (χ1v) is 5.71. The monoisotopic (exact) mass is 247 g/mol. The summed E-state index contributed by atoms with van der Waals surface area (Å²) in [7, 11) is 1.78. The molecule has 6 nitrogen and oxygen atoms in total. The van der Waals surface area contributed by atoms with Crippen LogP contribution in [-0.4, -0.2) is 25.3 Å². The zero-order chi connectivity index (χ0) is 13.2. The second-order valence-electron chi connectivity index (χ2n) is 5.04. The lowest BCUT2D eigenvalue weighted by Crippen LogP contribution is -2.26. The van der Waals surface area contributed by atoms with Crippen LogP contribution in [0.5, 0.6) is 11.9 Å². The quantitative estimate of drug-likeness (QED) is 0.900. The van der Waals surface area contributed by atoms with Crippen LogP contribution >= 0.6 is 0 Å². The highest BCUT2D eigenvalue weighted by Gasteiger charge is 2.11. The molecule has 0 aromatic carbocycles. The molecule has 0 aliphatic heterocycles. The van der Waals surface area contributed by atoms with Crippen molar-refractivity contribution >= 4 is 5.82 Å². The molecule has 2 rings (SSSR count). The minimum Gasteiger partial charge on any atom is -0.404 e. The average molecular weight is 247 g/mol. The first-order valence-electron chi connectivity index (χ1n) is 5.71. The van der Waals surface area contributed by atoms with Crippen molar-refractivity contribution in [3.63, 3.8) is 0 Å². The van der Waals surface area contributed by atoms with Gasteiger partial charge >= 0.3 is 6.01 Å². The molecular weight excluding hydrogens is 230 g/mol. The molecule has 0 radical (unpaired) electrons. The molecule has 96 valence electrons. The molecule has 0 spiro atoms. The Morgan fingerprint density at radius 3 is 2.67 bits per heavy atom. The van der Waals surface area contributed by atoms with E-state index < -0.39 is 0 Å². The fourth-order valence-electron chi connectivity index (χ4n) is 1.39. The van der Waals surface area contributed by atoms with Crippen molar-refractivity contribution in [3.8, 4) is 11.9 Å². The molecule has 6 heteroatoms. The molecule has 0 bridgehead atoms. The molecule has 0 aliphatic rings. The van der Waals surface area contributed by atoms with Gasteiger partial charge in [-0.05, 0) is 26.8 Å². The van der Waals surface area contributed by atoms with E-state index in [0.29, 0.717) is 5.88 Å². The summed E-state index contributed by atoms with van der Waals surface area (Å²) in [5, 5.41) is 7.31. The van der Waals surface area contributed by atoms with Gasteiger partial charge in [-0.25, -0.2) is 0 Å². The van der Waals surface area contributed by atoms with Crippen LogP contribution in [0.15, 0.2) is 24.5 Å². The van der Waals surface area contributed by atoms with Crippen LogP contribution < -0.4 is 10.1 Å². The topological polar surface area (TPSA) is 64.9 Å². The van der Waals surface area contributed by atoms with Gasteiger partial charge in [0.1, 0.15) is 12.1 Å². The van der Waals surface area contributed by atoms with Crippen LogP contribution in [0.1, 0.15) is 20.8 Å². The van der Waals surface area contributed by atoms with Crippen molar-refractivity contribution in [3.05, 3.63) is 24.5 Å². The average Bonchev–Trinajstić information content (AvgIpc) is 2.62. The normalized spacial score (nSPS) is 11.3. The van der Waals surface area contributed by atoms with E-state index in [1.54, 1.807) is 24.1 Å². The van der Waals surface area contributed by atoms with E-state index in [2.05, 4.69) is 41.2 Å². The summed E-state index contributed by atoms with van der Waals surface area (Å²) in [5.41, 5.74) is -0.0468. The van der Waals surface area contributed by atoms with Crippen LogP contribution in [0, 0.1) is 0 Å². The number of rotatable bonds is 3. The van der Waals surface area contributed by atoms with Gasteiger partial charge in [0, 0.05) is 18.7 Å². The lowest BCUT2D eigenvalue weighted by molar-refractivity contribution is 0.423. The number of anilines is 1. The highest BCUT2D eigenvalue weighted by Crippen LogP contribution is 2.18. The summed E-state index contributed by atoms with van der Waals surface area (Å²) < 4.78 is 7.04. The van der Waals surface area contributed by atoms with Gasteiger partial charge in [-0.2, -0.15) is 9.97 Å². The molecular formula is C12H17N5O. The first kappa shape index (κ1) is 12.3. The molecule has 2 aromatic heterocycles. The molecule has 0 fully saturated rings. The third-order valence-electron chi connectivity index (χ3n) is 2.00. The van der Waals surface area contributed by atoms with Gasteiger partial charge in [-0.15, -0.1) is 5.10 Å². The Morgan fingerprint density at radius 1 is 1.28 bits per heavy atom. The zero-order valence-electron chi connectivity index (χ0n) is 11.0. The Balaban J connectivity index is 2.12. The molecule has 2 aromatic rings. The Kier molecular flexibility index (Phi) is 3.18. The summed E-state index contributed by atoms with van der Waals surface area (Å²) in [6.45, 7) is 6.22. The SMILES string of the molecule is Cn1cnc(Oc2cccc(NC(C)(C)C)n2)n1. The summed E-state index contributed by atoms with van der Waals surface area (Å²) in [6.07, 6.45) is 1.58. The lowest BCUT2D eigenvalue weighted by atomic mass is 10.1. The lowest BCUT2D eigenvalue weighted by Gasteiger charge is -2.21. The van der Waals surface area contributed by atoms with Gasteiger partial charge in [0.25, 0.3) is 0 Å². The number of aryl methyl sites for hydroxylation is 1. The minimum atomic E-state index is -0.0468. The van der Waals surface area contributed by atoms with E-state index in [1.807, 2.05) is 12.1 Å². The summed E-state index contributed by atoms with van der Waals surface area (Å²) >= 11 is 0. The molecule has 0 amide bonds. The number of hydrogen-bond donors (Lipinski definition) is 1. The zero-order valence-corrected chi connectivity index (χ0v) is 11.0. The maximum absolute atomic E-state index is 5.46. The third-order valence-corrected chi connectivity index (χ3v) is 2.00. The van der Waals surface area contributed by atoms with E-state index in [1.165, 1.54) is 0 Å². The largest absolute Gasteiger partial charge is 0.404 e. The summed E-state index contributed by atoms with van der Waals surface area (Å²) in [6, 6.07) is 5.82. The smallest absolute Gasteiger partial charge is 0.342 e. The van der Waals surface area contributed by atoms with Crippen LogP contribution in [0.25, 0.3) is 0 Å². The minimum absolute atomic E-state index is 0.0468. The van der Waals surface area contributed by atoms with Gasteiger partial charge in [0.15, 0.2) is 0 Å². The second-order valence-corrected chi connectivity index (χ2v) is 5.04. The summed E-state index contributed by atoms with van der Waals surface area (Å²) in [5.74, 6) is 1.23. The molecule has 0 unspecified atom stereocenters. The highest BCUT2D eigenvalue weighted by molar-refractivity contribution is 5.39. The number of nitrogens with one attached hydrogen (secondary N) is 1. The molecule has 1 N–H and O–H groups in total. The maximum Gasteiger partial charge on any atom is 0.342 e. The Bertz CT molecular complexity index is 529. The van der Waals surface area contributed by atoms with Gasteiger partial charge in [0.2, 0.25) is 5.88 Å². The Labute approximate surface area is 106 Å². The molecule has 18 heavy (non-hydrogen) atoms. The standard InChI is InChI=1S/C12H17N5O/c1-12(2,3)15-9-6-5-7-10(14-9)18-11-13-8-17(4)16-11/h5-8H,1-4H3,(H,14,15). The molecule has 0 aliphatic carbocycles. The maximum atomic E-state index is 5.46. The Hall–Kier alpha value is -2.11. The number of ether oxygens (including phenoxy) is 1. The predicted molar refractivity (Wildman–Crippen MR) is 68.7 cm³/mol. The third kappa shape index (κ3) is 3.44. The van der Waals surface area contributed by atoms with Crippen LogP contribution in [-0.2, 0) is 7.05 Å². The number of hydrogen-bond acceptors (Lipinski definition) is 5.